The van der Waals surface area contributed by atoms with Gasteiger partial charge in [0, 0.05) is 26.7 Å². The maximum Gasteiger partial charge on any atom is 0.256 e. The minimum atomic E-state index is -0.512. The molecule has 0 aliphatic rings. The molecule has 0 fully saturated rings. The predicted molar refractivity (Wildman–Crippen MR) is 118 cm³/mol. The zero-order chi connectivity index (χ0) is 20.4. The van der Waals surface area contributed by atoms with Crippen molar-refractivity contribution in [1.82, 2.24) is 4.98 Å². The summed E-state index contributed by atoms with van der Waals surface area (Å²) in [5.41, 5.74) is 9.09. The number of primary amides is 1. The van der Waals surface area contributed by atoms with E-state index in [2.05, 4.69) is 21.2 Å². The molecule has 29 heavy (non-hydrogen) atoms. The van der Waals surface area contributed by atoms with Crippen molar-refractivity contribution >= 4 is 44.3 Å². The van der Waals surface area contributed by atoms with Crippen LogP contribution in [0.5, 0.6) is 0 Å². The van der Waals surface area contributed by atoms with Gasteiger partial charge in [0.25, 0.3) is 5.91 Å². The summed E-state index contributed by atoms with van der Waals surface area (Å²) in [6.45, 7) is 0. The van der Waals surface area contributed by atoms with Gasteiger partial charge in [-0.2, -0.15) is 0 Å². The third-order valence-electron chi connectivity index (χ3n) is 4.51. The maximum atomic E-state index is 13.1. The summed E-state index contributed by atoms with van der Waals surface area (Å²) in [5.74, 6) is -0.770. The molecule has 2 amide bonds. The number of benzene rings is 3. The highest BCUT2D eigenvalue weighted by atomic mass is 79.9. The molecule has 0 atom stereocenters. The molecule has 5 nitrogen and oxygen atoms in total. The van der Waals surface area contributed by atoms with Gasteiger partial charge < -0.3 is 11.1 Å². The van der Waals surface area contributed by atoms with Gasteiger partial charge in [0.2, 0.25) is 5.91 Å². The van der Waals surface area contributed by atoms with Crippen molar-refractivity contribution in [2.24, 2.45) is 5.73 Å². The number of carbonyl (C=O) groups excluding carboxylic acids is 2. The molecule has 3 N–H and O–H groups in total. The van der Waals surface area contributed by atoms with Crippen molar-refractivity contribution < 1.29 is 9.59 Å². The van der Waals surface area contributed by atoms with Crippen LogP contribution >= 0.6 is 15.9 Å². The SMILES string of the molecule is NC(=O)c1ccc(NC(=O)c2cc(-c3cccc(Br)c3)nc3ccccc23)cc1. The number of amides is 2. The van der Waals surface area contributed by atoms with E-state index < -0.39 is 5.91 Å². The lowest BCUT2D eigenvalue weighted by molar-refractivity contribution is 0.0998. The Kier molecular flexibility index (Phi) is 5.10. The highest BCUT2D eigenvalue weighted by Gasteiger charge is 2.14. The topological polar surface area (TPSA) is 85.1 Å². The molecule has 0 unspecified atom stereocenters. The van der Waals surface area contributed by atoms with Gasteiger partial charge in [-0.3, -0.25) is 9.59 Å². The van der Waals surface area contributed by atoms with Crippen molar-refractivity contribution in [2.75, 3.05) is 5.32 Å². The highest BCUT2D eigenvalue weighted by molar-refractivity contribution is 9.10. The van der Waals surface area contributed by atoms with Gasteiger partial charge in [-0.15, -0.1) is 0 Å². The van der Waals surface area contributed by atoms with E-state index in [1.165, 1.54) is 0 Å². The molecule has 0 saturated heterocycles. The Bertz CT molecular complexity index is 1240. The van der Waals surface area contributed by atoms with Crippen LogP contribution in [0.3, 0.4) is 0 Å². The first-order valence-electron chi connectivity index (χ1n) is 8.88. The standard InChI is InChI=1S/C23H16BrN3O2/c24-16-5-3-4-15(12-16)21-13-19(18-6-1-2-7-20(18)27-21)23(29)26-17-10-8-14(9-11-17)22(25)28/h1-13H,(H2,25,28)(H,26,29). The van der Waals surface area contributed by atoms with E-state index in [-0.39, 0.29) is 5.91 Å². The lowest BCUT2D eigenvalue weighted by atomic mass is 10.0. The van der Waals surface area contributed by atoms with Crippen molar-refractivity contribution in [2.45, 2.75) is 0 Å². The molecule has 1 aromatic heterocycles. The highest BCUT2D eigenvalue weighted by Crippen LogP contribution is 2.27. The first kappa shape index (κ1) is 18.8. The summed E-state index contributed by atoms with van der Waals surface area (Å²) in [5, 5.41) is 3.64. The maximum absolute atomic E-state index is 13.1. The van der Waals surface area contributed by atoms with Crippen LogP contribution in [0.2, 0.25) is 0 Å². The third kappa shape index (κ3) is 4.02. The number of rotatable bonds is 4. The Hall–Kier alpha value is -3.51. The number of carbonyl (C=O) groups is 2. The molecular formula is C23H16BrN3O2. The van der Waals surface area contributed by atoms with Gasteiger partial charge >= 0.3 is 0 Å². The minimum absolute atomic E-state index is 0.258. The first-order valence-corrected chi connectivity index (χ1v) is 9.67. The molecule has 0 aliphatic heterocycles. The van der Waals surface area contributed by atoms with Crippen molar-refractivity contribution in [3.63, 3.8) is 0 Å². The van der Waals surface area contributed by atoms with Gasteiger partial charge in [-0.05, 0) is 48.5 Å². The van der Waals surface area contributed by atoms with E-state index in [1.807, 2.05) is 48.5 Å². The Balaban J connectivity index is 1.75. The Morgan fingerprint density at radius 3 is 2.38 bits per heavy atom. The number of anilines is 1. The van der Waals surface area contributed by atoms with Crippen LogP contribution in [0.1, 0.15) is 20.7 Å². The molecule has 1 heterocycles. The van der Waals surface area contributed by atoms with Crippen molar-refractivity contribution in [3.8, 4) is 11.3 Å². The molecule has 0 radical (unpaired) electrons. The van der Waals surface area contributed by atoms with Gasteiger partial charge in [-0.25, -0.2) is 4.98 Å². The van der Waals surface area contributed by atoms with Crippen molar-refractivity contribution in [3.05, 3.63) is 94.5 Å². The van der Waals surface area contributed by atoms with E-state index in [0.717, 1.165) is 20.9 Å². The van der Waals surface area contributed by atoms with Crippen molar-refractivity contribution in [1.29, 1.82) is 0 Å². The summed E-state index contributed by atoms with van der Waals surface area (Å²) in [6, 6.07) is 23.5. The lowest BCUT2D eigenvalue weighted by Crippen LogP contribution is -2.14. The fourth-order valence-corrected chi connectivity index (χ4v) is 3.47. The van der Waals surface area contributed by atoms with E-state index in [4.69, 9.17) is 10.7 Å². The molecule has 142 valence electrons. The molecule has 3 aromatic carbocycles. The smallest absolute Gasteiger partial charge is 0.256 e. The van der Waals surface area contributed by atoms with Crippen LogP contribution in [0.4, 0.5) is 5.69 Å². The van der Waals surface area contributed by atoms with Gasteiger partial charge in [-0.1, -0.05) is 46.3 Å². The zero-order valence-electron chi connectivity index (χ0n) is 15.2. The van der Waals surface area contributed by atoms with Crippen LogP contribution in [-0.4, -0.2) is 16.8 Å². The number of nitrogens with two attached hydrogens (primary N) is 1. The largest absolute Gasteiger partial charge is 0.366 e. The molecular weight excluding hydrogens is 430 g/mol. The Morgan fingerprint density at radius 1 is 0.897 bits per heavy atom. The van der Waals surface area contributed by atoms with Gasteiger partial charge in [0.15, 0.2) is 0 Å². The lowest BCUT2D eigenvalue weighted by Gasteiger charge is -2.11. The minimum Gasteiger partial charge on any atom is -0.366 e. The number of pyridine rings is 1. The molecule has 0 bridgehead atoms. The quantitative estimate of drug-likeness (QED) is 0.462. The first-order chi connectivity index (χ1) is 14.0. The third-order valence-corrected chi connectivity index (χ3v) is 5.00. The number of hydrogen-bond donors (Lipinski definition) is 2. The van der Waals surface area contributed by atoms with E-state index in [0.29, 0.717) is 22.5 Å². The van der Waals surface area contributed by atoms with Crippen LogP contribution in [0, 0.1) is 0 Å². The van der Waals surface area contributed by atoms with Crippen LogP contribution in [0.15, 0.2) is 83.3 Å². The summed E-state index contributed by atoms with van der Waals surface area (Å²) in [6.07, 6.45) is 0. The normalized spacial score (nSPS) is 10.7. The van der Waals surface area contributed by atoms with Crippen LogP contribution < -0.4 is 11.1 Å². The second-order valence-electron chi connectivity index (χ2n) is 6.48. The van der Waals surface area contributed by atoms with Gasteiger partial charge in [0.1, 0.15) is 0 Å². The fraction of sp³-hybridized carbons (Fsp3) is 0. The second-order valence-corrected chi connectivity index (χ2v) is 7.39. The molecule has 4 aromatic rings. The Labute approximate surface area is 175 Å². The monoisotopic (exact) mass is 445 g/mol. The van der Waals surface area contributed by atoms with Gasteiger partial charge in [0.05, 0.1) is 16.8 Å². The number of halogens is 1. The van der Waals surface area contributed by atoms with E-state index in [1.54, 1.807) is 30.3 Å². The van der Waals surface area contributed by atoms with E-state index in [9.17, 15) is 9.59 Å². The average Bonchev–Trinajstić information content (AvgIpc) is 2.73. The summed E-state index contributed by atoms with van der Waals surface area (Å²) in [4.78, 5) is 29.0. The van der Waals surface area contributed by atoms with E-state index >= 15 is 0 Å². The number of aromatic nitrogens is 1. The Morgan fingerprint density at radius 2 is 1.66 bits per heavy atom. The predicted octanol–water partition coefficient (Wildman–Crippen LogP) is 5.02. The number of nitrogens with one attached hydrogen (secondary N) is 1. The number of para-hydroxylation sites is 1. The molecule has 0 spiro atoms. The molecule has 0 aliphatic carbocycles. The summed E-state index contributed by atoms with van der Waals surface area (Å²) < 4.78 is 0.936. The second kappa shape index (κ2) is 7.85. The van der Waals surface area contributed by atoms with Crippen LogP contribution in [-0.2, 0) is 0 Å². The summed E-state index contributed by atoms with van der Waals surface area (Å²) >= 11 is 3.48. The average molecular weight is 446 g/mol. The number of hydrogen-bond acceptors (Lipinski definition) is 3. The molecule has 4 rings (SSSR count). The number of nitrogens with zero attached hydrogens (tertiary/aromatic N) is 1. The number of fused-ring (bicyclic) bond motifs is 1. The van der Waals surface area contributed by atoms with Crippen LogP contribution in [0.25, 0.3) is 22.2 Å². The molecule has 0 saturated carbocycles. The zero-order valence-corrected chi connectivity index (χ0v) is 16.8. The molecule has 6 heteroatoms. The fourth-order valence-electron chi connectivity index (χ4n) is 3.08. The summed E-state index contributed by atoms with van der Waals surface area (Å²) in [7, 11) is 0.